The van der Waals surface area contributed by atoms with Gasteiger partial charge in [-0.05, 0) is 63.1 Å². The summed E-state index contributed by atoms with van der Waals surface area (Å²) >= 11 is 2.62. The van der Waals surface area contributed by atoms with Crippen LogP contribution in [0.15, 0.2) is 45.8 Å². The Balaban J connectivity index is 0.000000370. The average molecular weight is 650 g/mol. The van der Waals surface area contributed by atoms with Crippen LogP contribution in [0.2, 0.25) is 0 Å². The van der Waals surface area contributed by atoms with Crippen LogP contribution < -0.4 is 4.90 Å². The summed E-state index contributed by atoms with van der Waals surface area (Å²) in [5.41, 5.74) is -1.48. The normalized spacial score (nSPS) is 17.7. The maximum absolute atomic E-state index is 13.2. The van der Waals surface area contributed by atoms with E-state index < -0.39 is 44.0 Å². The van der Waals surface area contributed by atoms with E-state index in [1.54, 1.807) is 0 Å². The third-order valence-corrected chi connectivity index (χ3v) is 8.11. The van der Waals surface area contributed by atoms with Crippen LogP contribution >= 0.6 is 15.9 Å². The predicted molar refractivity (Wildman–Crippen MR) is 141 cm³/mol. The maximum Gasteiger partial charge on any atom is 0.417 e. The van der Waals surface area contributed by atoms with E-state index >= 15 is 0 Å². The van der Waals surface area contributed by atoms with Gasteiger partial charge in [-0.25, -0.2) is 12.8 Å². The van der Waals surface area contributed by atoms with E-state index in [-0.39, 0.29) is 16.1 Å². The van der Waals surface area contributed by atoms with Gasteiger partial charge in [-0.1, -0.05) is 29.8 Å². The van der Waals surface area contributed by atoms with E-state index in [1.807, 2.05) is 4.90 Å². The van der Waals surface area contributed by atoms with Gasteiger partial charge in [0.15, 0.2) is 9.84 Å². The summed E-state index contributed by atoms with van der Waals surface area (Å²) in [6, 6.07) is 5.90. The Morgan fingerprint density at radius 3 is 1.87 bits per heavy atom. The zero-order valence-electron chi connectivity index (χ0n) is 22.4. The van der Waals surface area contributed by atoms with E-state index in [0.29, 0.717) is 30.8 Å². The fourth-order valence-electron chi connectivity index (χ4n) is 4.42. The average Bonchev–Trinajstić information content (AvgIpc) is 2.76. The third kappa shape index (κ3) is 8.81. The third-order valence-electron chi connectivity index (χ3n) is 6.32. The molecular weight excluding hydrogens is 617 g/mol. The van der Waals surface area contributed by atoms with Crippen LogP contribution in [-0.2, 0) is 22.2 Å². The highest BCUT2D eigenvalue weighted by Gasteiger charge is 2.38. The Bertz CT molecular complexity index is 1260. The van der Waals surface area contributed by atoms with Crippen LogP contribution in [0.25, 0.3) is 0 Å². The molecule has 0 spiro atoms. The lowest BCUT2D eigenvalue weighted by molar-refractivity contribution is -0.140. The van der Waals surface area contributed by atoms with Gasteiger partial charge in [0.2, 0.25) is 0 Å². The first-order valence-electron chi connectivity index (χ1n) is 12.0. The minimum atomic E-state index is -4.71. The van der Waals surface area contributed by atoms with Crippen LogP contribution in [0, 0.1) is 11.7 Å². The van der Waals surface area contributed by atoms with Crippen molar-refractivity contribution >= 4 is 31.5 Å². The molecule has 0 saturated carbocycles. The van der Waals surface area contributed by atoms with E-state index in [9.17, 15) is 39.2 Å². The molecule has 0 radical (unpaired) electrons. The Kier molecular flexibility index (Phi) is 10.2. The number of piperazine rings is 1. The molecule has 0 amide bonds. The number of anilines is 1. The van der Waals surface area contributed by atoms with Gasteiger partial charge in [0.1, 0.15) is 5.82 Å². The molecule has 0 aliphatic carbocycles. The van der Waals surface area contributed by atoms with Gasteiger partial charge in [-0.2, -0.15) is 26.3 Å². The van der Waals surface area contributed by atoms with Crippen molar-refractivity contribution in [3.05, 3.63) is 57.8 Å². The fourth-order valence-corrected chi connectivity index (χ4v) is 5.91. The molecule has 1 fully saturated rings. The topological polar surface area (TPSA) is 40.6 Å². The molecule has 1 atom stereocenters. The molecule has 0 bridgehead atoms. The molecule has 2 aromatic rings. The van der Waals surface area contributed by atoms with Gasteiger partial charge < -0.3 is 4.90 Å². The standard InChI is InChI=1S/C19H29F3N2O2S.C7H3BrF4/c1-13(2)16-12-23(9-10-24(16)18(3,4)5)14-7-8-15(19(20,21)22)17(11-14)27(6,25)26;8-6-3-4(9)1-2-5(6)7(10,11)12/h7-8,11,13,16H,9-10,12H2,1-6H3;1-3H/t16-;/m0./s1. The van der Waals surface area contributed by atoms with Gasteiger partial charge >= 0.3 is 12.4 Å². The molecule has 4 nitrogen and oxygen atoms in total. The molecule has 3 rings (SSSR count). The van der Waals surface area contributed by atoms with E-state index in [0.717, 1.165) is 31.0 Å². The number of hydrogen-bond donors (Lipinski definition) is 0. The molecule has 1 heterocycles. The largest absolute Gasteiger partial charge is 0.417 e. The minimum Gasteiger partial charge on any atom is -0.369 e. The van der Waals surface area contributed by atoms with Crippen molar-refractivity contribution in [3.8, 4) is 0 Å². The Labute approximate surface area is 233 Å². The van der Waals surface area contributed by atoms with Crippen LogP contribution in [-0.4, -0.2) is 50.8 Å². The highest BCUT2D eigenvalue weighted by atomic mass is 79.9. The number of nitrogens with zero attached hydrogens (tertiary/aromatic N) is 2. The summed E-state index contributed by atoms with van der Waals surface area (Å²) in [5.74, 6) is -0.342. The number of halogens is 8. The lowest BCUT2D eigenvalue weighted by Crippen LogP contribution is -2.61. The summed E-state index contributed by atoms with van der Waals surface area (Å²) in [4.78, 5) is 3.74. The molecule has 1 saturated heterocycles. The van der Waals surface area contributed by atoms with Gasteiger partial charge in [0, 0.05) is 47.6 Å². The van der Waals surface area contributed by atoms with Gasteiger partial charge in [0.25, 0.3) is 0 Å². The van der Waals surface area contributed by atoms with Gasteiger partial charge in [0.05, 0.1) is 16.0 Å². The molecule has 220 valence electrons. The summed E-state index contributed by atoms with van der Waals surface area (Å²) in [6.45, 7) is 12.7. The Hall–Kier alpha value is -1.86. The summed E-state index contributed by atoms with van der Waals surface area (Å²) in [5, 5.41) is 0. The molecule has 13 heteroatoms. The molecule has 0 N–H and O–H groups in total. The molecular formula is C26H32BrF7N2O2S. The van der Waals surface area contributed by atoms with Crippen LogP contribution in [0.3, 0.4) is 0 Å². The Morgan fingerprint density at radius 2 is 1.44 bits per heavy atom. The Morgan fingerprint density at radius 1 is 0.897 bits per heavy atom. The fraction of sp³-hybridized carbons (Fsp3) is 0.538. The molecule has 0 unspecified atom stereocenters. The van der Waals surface area contributed by atoms with Crippen molar-refractivity contribution in [3.63, 3.8) is 0 Å². The highest BCUT2D eigenvalue weighted by Crippen LogP contribution is 2.37. The summed E-state index contributed by atoms with van der Waals surface area (Å²) in [6.07, 6.45) is -8.33. The number of rotatable bonds is 3. The first-order valence-corrected chi connectivity index (χ1v) is 14.7. The van der Waals surface area contributed by atoms with Crippen molar-refractivity contribution in [2.45, 2.75) is 63.4 Å². The zero-order valence-corrected chi connectivity index (χ0v) is 24.8. The molecule has 2 aromatic carbocycles. The molecule has 1 aliphatic rings. The lowest BCUT2D eigenvalue weighted by Gasteiger charge is -2.50. The van der Waals surface area contributed by atoms with E-state index in [2.05, 4.69) is 55.4 Å². The second-order valence-corrected chi connectivity index (χ2v) is 13.5. The first kappa shape index (κ1) is 33.3. The lowest BCUT2D eigenvalue weighted by atomic mass is 9.93. The van der Waals surface area contributed by atoms with Crippen molar-refractivity contribution < 1.29 is 39.2 Å². The van der Waals surface area contributed by atoms with Gasteiger partial charge in [-0.15, -0.1) is 0 Å². The van der Waals surface area contributed by atoms with E-state index in [1.165, 1.54) is 12.1 Å². The van der Waals surface area contributed by atoms with Crippen LogP contribution in [0.4, 0.5) is 36.4 Å². The zero-order chi connectivity index (χ0) is 30.1. The van der Waals surface area contributed by atoms with Crippen LogP contribution in [0.1, 0.15) is 45.7 Å². The van der Waals surface area contributed by atoms with Gasteiger partial charge in [-0.3, -0.25) is 4.90 Å². The number of alkyl halides is 6. The smallest absolute Gasteiger partial charge is 0.369 e. The first-order chi connectivity index (χ1) is 17.5. The van der Waals surface area contributed by atoms with E-state index in [4.69, 9.17) is 0 Å². The maximum atomic E-state index is 13.2. The minimum absolute atomic E-state index is 0.0148. The molecule has 1 aliphatic heterocycles. The summed E-state index contributed by atoms with van der Waals surface area (Å²) in [7, 11) is -4.00. The quantitative estimate of drug-likeness (QED) is 0.321. The monoisotopic (exact) mass is 648 g/mol. The second kappa shape index (κ2) is 11.9. The van der Waals surface area contributed by atoms with Crippen molar-refractivity contribution in [1.29, 1.82) is 0 Å². The second-order valence-electron chi connectivity index (χ2n) is 10.7. The van der Waals surface area contributed by atoms with Crippen molar-refractivity contribution in [2.75, 3.05) is 30.8 Å². The number of hydrogen-bond acceptors (Lipinski definition) is 4. The SMILES string of the molecule is CC(C)[C@@H]1CN(c2ccc(C(F)(F)F)c(S(C)(=O)=O)c2)CCN1C(C)(C)C.Fc1ccc(C(F)(F)F)c(Br)c1. The van der Waals surface area contributed by atoms with Crippen molar-refractivity contribution in [1.82, 2.24) is 4.90 Å². The predicted octanol–water partition coefficient (Wildman–Crippen LogP) is 7.66. The summed E-state index contributed by atoms with van der Waals surface area (Å²) < 4.78 is 112. The molecule has 0 aromatic heterocycles. The molecule has 39 heavy (non-hydrogen) atoms. The van der Waals surface area contributed by atoms with Crippen molar-refractivity contribution in [2.24, 2.45) is 5.92 Å². The van der Waals surface area contributed by atoms with Crippen LogP contribution in [0.5, 0.6) is 0 Å². The number of benzene rings is 2. The highest BCUT2D eigenvalue weighted by molar-refractivity contribution is 9.10. The number of sulfone groups is 1.